The van der Waals surface area contributed by atoms with E-state index < -0.39 is 0 Å². The molecular weight excluding hydrogens is 357 g/mol. The molecule has 0 radical (unpaired) electrons. The zero-order valence-corrected chi connectivity index (χ0v) is 15.5. The van der Waals surface area contributed by atoms with Gasteiger partial charge in [-0.2, -0.15) is 0 Å². The molecule has 3 heterocycles. The lowest BCUT2D eigenvalue weighted by molar-refractivity contribution is 0.542. The maximum absolute atomic E-state index is 13.3. The van der Waals surface area contributed by atoms with Gasteiger partial charge in [0.2, 0.25) is 0 Å². The molecule has 0 saturated carbocycles. The lowest BCUT2D eigenvalue weighted by atomic mass is 9.96. The van der Waals surface area contributed by atoms with Crippen molar-refractivity contribution in [2.75, 3.05) is 11.1 Å². The maximum atomic E-state index is 13.3. The lowest BCUT2D eigenvalue weighted by Crippen LogP contribution is -2.17. The largest absolute Gasteiger partial charge is 0.382 e. The summed E-state index contributed by atoms with van der Waals surface area (Å²) in [5, 5.41) is 7.70. The molecule has 0 bridgehead atoms. The average molecular weight is 383 g/mol. The Morgan fingerprint density at radius 1 is 1.14 bits per heavy atom. The molecule has 0 aliphatic heterocycles. The first-order chi connectivity index (χ1) is 13.5. The molecule has 3 N–H and O–H groups in total. The van der Waals surface area contributed by atoms with E-state index in [4.69, 9.17) is 5.73 Å². The Hall–Kier alpha value is -3.55. The molecule has 8 heteroatoms. The van der Waals surface area contributed by atoms with Gasteiger partial charge in [-0.1, -0.05) is 26.0 Å². The fourth-order valence-corrected chi connectivity index (χ4v) is 3.19. The molecule has 4 aromatic rings. The maximum Gasteiger partial charge on any atom is 0.166 e. The summed E-state index contributed by atoms with van der Waals surface area (Å²) in [4.78, 5) is 13.1. The zero-order valence-electron chi connectivity index (χ0n) is 15.5. The van der Waals surface area contributed by atoms with E-state index in [2.05, 4.69) is 39.2 Å². The molecule has 0 aliphatic carbocycles. The number of nitrogens with one attached hydrogen (secondary N) is 1. The zero-order chi connectivity index (χ0) is 19.7. The third-order valence-electron chi connectivity index (χ3n) is 4.54. The van der Waals surface area contributed by atoms with Gasteiger partial charge in [-0.05, 0) is 29.7 Å². The van der Waals surface area contributed by atoms with Crippen molar-refractivity contribution in [1.29, 1.82) is 0 Å². The Kier molecular flexibility index (Phi) is 4.60. The van der Waals surface area contributed by atoms with Gasteiger partial charge in [0.25, 0.3) is 0 Å². The fourth-order valence-electron chi connectivity index (χ4n) is 3.19. The first-order valence-corrected chi connectivity index (χ1v) is 8.96. The topological polar surface area (TPSA) is 94.0 Å². The van der Waals surface area contributed by atoms with Crippen LogP contribution in [0.4, 0.5) is 16.0 Å². The molecule has 1 aromatic carbocycles. The van der Waals surface area contributed by atoms with E-state index in [0.29, 0.717) is 28.5 Å². The van der Waals surface area contributed by atoms with Crippen molar-refractivity contribution in [1.82, 2.24) is 24.6 Å². The SMILES string of the molecule is CC(C)[C@@H](Nc1cc(-c2c(N)nn3cccnc23)ncn1)c1ccc(F)cc1.[HH].[HH].[HH]. The third kappa shape index (κ3) is 3.36. The Balaban J connectivity index is 0.00000160. The smallest absolute Gasteiger partial charge is 0.166 e. The van der Waals surface area contributed by atoms with E-state index in [0.717, 1.165) is 5.56 Å². The highest BCUT2D eigenvalue weighted by atomic mass is 19.1. The van der Waals surface area contributed by atoms with E-state index in [1.807, 2.05) is 6.07 Å². The second-order valence-electron chi connectivity index (χ2n) is 6.85. The number of halogens is 1. The molecule has 0 fully saturated rings. The van der Waals surface area contributed by atoms with Crippen LogP contribution in [0, 0.1) is 11.7 Å². The quantitative estimate of drug-likeness (QED) is 0.529. The second kappa shape index (κ2) is 7.22. The van der Waals surface area contributed by atoms with E-state index in [1.54, 1.807) is 35.1 Å². The fraction of sp³-hybridized carbons (Fsp3) is 0.200. The van der Waals surface area contributed by atoms with E-state index in [1.165, 1.54) is 18.5 Å². The van der Waals surface area contributed by atoms with E-state index in [9.17, 15) is 4.39 Å². The average Bonchev–Trinajstić information content (AvgIpc) is 3.02. The number of nitrogen functional groups attached to an aromatic ring is 1. The third-order valence-corrected chi connectivity index (χ3v) is 4.54. The molecule has 28 heavy (non-hydrogen) atoms. The highest BCUT2D eigenvalue weighted by Gasteiger charge is 2.19. The van der Waals surface area contributed by atoms with Crippen LogP contribution < -0.4 is 11.1 Å². The highest BCUT2D eigenvalue weighted by Crippen LogP contribution is 2.30. The Labute approximate surface area is 165 Å². The number of benzene rings is 1. The van der Waals surface area contributed by atoms with Crippen molar-refractivity contribution in [2.24, 2.45) is 5.92 Å². The predicted octanol–water partition coefficient (Wildman–Crippen LogP) is 4.45. The number of rotatable bonds is 5. The molecule has 0 amide bonds. The molecule has 0 spiro atoms. The van der Waals surface area contributed by atoms with Gasteiger partial charge in [-0.3, -0.25) is 0 Å². The molecule has 0 saturated heterocycles. The minimum absolute atomic E-state index is 0. The molecule has 0 aliphatic rings. The molecule has 1 atom stereocenters. The van der Waals surface area contributed by atoms with Crippen molar-refractivity contribution in [3.05, 3.63) is 66.5 Å². The molecule has 7 nitrogen and oxygen atoms in total. The van der Waals surface area contributed by atoms with E-state index in [-0.39, 0.29) is 22.1 Å². The van der Waals surface area contributed by atoms with Crippen molar-refractivity contribution in [3.63, 3.8) is 0 Å². The number of aromatic nitrogens is 5. The van der Waals surface area contributed by atoms with Crippen molar-refractivity contribution >= 4 is 17.3 Å². The van der Waals surface area contributed by atoms with Crippen LogP contribution in [0.2, 0.25) is 0 Å². The van der Waals surface area contributed by atoms with Crippen molar-refractivity contribution in [3.8, 4) is 11.3 Å². The van der Waals surface area contributed by atoms with Crippen molar-refractivity contribution in [2.45, 2.75) is 19.9 Å². The second-order valence-corrected chi connectivity index (χ2v) is 6.85. The molecule has 148 valence electrons. The summed E-state index contributed by atoms with van der Waals surface area (Å²) >= 11 is 0. The number of nitrogens with zero attached hydrogens (tertiary/aromatic N) is 5. The summed E-state index contributed by atoms with van der Waals surface area (Å²) in [7, 11) is 0. The molecule has 3 aromatic heterocycles. The van der Waals surface area contributed by atoms with Gasteiger partial charge in [0.1, 0.15) is 18.0 Å². The molecule has 0 unspecified atom stereocenters. The van der Waals surface area contributed by atoms with E-state index >= 15 is 0 Å². The number of anilines is 2. The summed E-state index contributed by atoms with van der Waals surface area (Å²) in [6.45, 7) is 4.19. The van der Waals surface area contributed by atoms with Crippen LogP contribution in [0.5, 0.6) is 0 Å². The summed E-state index contributed by atoms with van der Waals surface area (Å²) in [6.07, 6.45) is 4.95. The van der Waals surface area contributed by atoms with Crippen LogP contribution in [0.15, 0.2) is 55.1 Å². The van der Waals surface area contributed by atoms with Crippen LogP contribution in [-0.2, 0) is 0 Å². The van der Waals surface area contributed by atoms with Crippen LogP contribution in [-0.4, -0.2) is 24.6 Å². The Bertz CT molecular complexity index is 1120. The lowest BCUT2D eigenvalue weighted by Gasteiger charge is -2.23. The van der Waals surface area contributed by atoms with Crippen LogP contribution in [0.1, 0.15) is 29.7 Å². The summed E-state index contributed by atoms with van der Waals surface area (Å²) in [5.74, 6) is 0.990. The van der Waals surface area contributed by atoms with Crippen molar-refractivity contribution < 1.29 is 8.67 Å². The number of hydrogen-bond donors (Lipinski definition) is 2. The first-order valence-electron chi connectivity index (χ1n) is 8.96. The van der Waals surface area contributed by atoms with Crippen LogP contribution in [0.3, 0.4) is 0 Å². The number of fused-ring (bicyclic) bond motifs is 1. The van der Waals surface area contributed by atoms with Crippen LogP contribution in [0.25, 0.3) is 16.9 Å². The minimum atomic E-state index is -0.258. The number of hydrogen-bond acceptors (Lipinski definition) is 6. The van der Waals surface area contributed by atoms with Gasteiger partial charge in [0.05, 0.1) is 17.3 Å². The molecule has 4 rings (SSSR count). The van der Waals surface area contributed by atoms with Gasteiger partial charge in [0.15, 0.2) is 11.5 Å². The summed E-state index contributed by atoms with van der Waals surface area (Å²) in [6, 6.07) is 10.0. The normalized spacial score (nSPS) is 12.4. The molecular formula is C20H26FN7. The predicted molar refractivity (Wildman–Crippen MR) is 112 cm³/mol. The minimum Gasteiger partial charge on any atom is -0.382 e. The van der Waals surface area contributed by atoms with Gasteiger partial charge in [-0.25, -0.2) is 23.9 Å². The summed E-state index contributed by atoms with van der Waals surface area (Å²) in [5.41, 5.74) is 9.00. The van der Waals surface area contributed by atoms with Gasteiger partial charge >= 0.3 is 0 Å². The first kappa shape index (κ1) is 17.8. The van der Waals surface area contributed by atoms with Gasteiger partial charge in [0, 0.05) is 22.7 Å². The number of nitrogens with two attached hydrogens (primary N) is 1. The summed E-state index contributed by atoms with van der Waals surface area (Å²) < 4.78 is 14.9. The monoisotopic (exact) mass is 383 g/mol. The Morgan fingerprint density at radius 2 is 1.93 bits per heavy atom. The van der Waals surface area contributed by atoms with Gasteiger partial charge < -0.3 is 11.1 Å². The van der Waals surface area contributed by atoms with Crippen LogP contribution >= 0.6 is 0 Å². The van der Waals surface area contributed by atoms with Gasteiger partial charge in [-0.15, -0.1) is 5.10 Å². The highest BCUT2D eigenvalue weighted by molar-refractivity contribution is 5.84. The standard InChI is InChI=1S/C20H20FN7.3H2/c1-12(2)18(13-4-6-14(21)7-5-13)26-16-10-15(24-11-25-16)17-19(22)27-28-9-3-8-23-20(17)28;;;/h3-12,18H,1-2H3,(H2,22,27)(H,24,25,26);3*1H/t18-;;;/m1.../s1. The Morgan fingerprint density at radius 3 is 2.68 bits per heavy atom.